The number of rotatable bonds is 1. The molecule has 1 aromatic carbocycles. The molecule has 0 spiro atoms. The molecule has 2 fully saturated rings. The minimum absolute atomic E-state index is 0.135. The highest BCUT2D eigenvalue weighted by molar-refractivity contribution is 5.80. The Bertz CT molecular complexity index is 726. The number of fused-ring (bicyclic) bond motifs is 5. The van der Waals surface area contributed by atoms with Crippen LogP contribution in [0.15, 0.2) is 30.0 Å². The second-order valence-corrected chi connectivity index (χ2v) is 7.79. The second-order valence-electron chi connectivity index (χ2n) is 7.79. The summed E-state index contributed by atoms with van der Waals surface area (Å²) in [6.07, 6.45) is 7.75. The van der Waals surface area contributed by atoms with Crippen LogP contribution in [0.1, 0.15) is 66.4 Å². The zero-order valence-electron chi connectivity index (χ0n) is 13.8. The molecule has 1 aromatic rings. The Morgan fingerprint density at radius 2 is 2.13 bits per heavy atom. The molecule has 0 unspecified atom stereocenters. The van der Waals surface area contributed by atoms with E-state index in [1.54, 1.807) is 0 Å². The first-order chi connectivity index (χ1) is 11.1. The van der Waals surface area contributed by atoms with E-state index >= 15 is 0 Å². The van der Waals surface area contributed by atoms with Crippen molar-refractivity contribution < 1.29 is 9.90 Å². The van der Waals surface area contributed by atoms with Crippen LogP contribution in [0.4, 0.5) is 0 Å². The average Bonchev–Trinajstić information content (AvgIpc) is 2.90. The molecular formula is C21H24O2. The molecule has 0 amide bonds. The summed E-state index contributed by atoms with van der Waals surface area (Å²) < 4.78 is 0. The van der Waals surface area contributed by atoms with Crippen molar-refractivity contribution in [3.8, 4) is 5.75 Å². The molecule has 3 aliphatic carbocycles. The maximum atomic E-state index is 11.2. The van der Waals surface area contributed by atoms with E-state index < -0.39 is 0 Å². The summed E-state index contributed by atoms with van der Waals surface area (Å²) in [6.45, 7) is 6.34. The van der Waals surface area contributed by atoms with Gasteiger partial charge in [0, 0.05) is 0 Å². The summed E-state index contributed by atoms with van der Waals surface area (Å²) in [4.78, 5) is 11.2. The summed E-state index contributed by atoms with van der Waals surface area (Å²) in [7, 11) is 0. The fourth-order valence-corrected chi connectivity index (χ4v) is 5.82. The van der Waals surface area contributed by atoms with E-state index in [0.29, 0.717) is 23.3 Å². The van der Waals surface area contributed by atoms with Gasteiger partial charge in [-0.25, -0.2) is 0 Å². The summed E-state index contributed by atoms with van der Waals surface area (Å²) in [6, 6.07) is 3.78. The van der Waals surface area contributed by atoms with Gasteiger partial charge < -0.3 is 5.11 Å². The summed E-state index contributed by atoms with van der Waals surface area (Å²) in [5.41, 5.74) is 7.96. The third kappa shape index (κ3) is 1.98. The minimum atomic E-state index is 0.135. The maximum absolute atomic E-state index is 11.2. The van der Waals surface area contributed by atoms with Crippen LogP contribution < -0.4 is 0 Å². The fraction of sp³-hybridized carbons (Fsp3) is 0.524. The van der Waals surface area contributed by atoms with Crippen molar-refractivity contribution in [2.24, 2.45) is 17.3 Å². The number of allylic oxidation sites excluding steroid dienone is 1. The maximum Gasteiger partial charge on any atom is 0.153 e. The quantitative estimate of drug-likeness (QED) is 0.599. The number of aryl methyl sites for hydroxylation is 1. The van der Waals surface area contributed by atoms with Gasteiger partial charge in [0.25, 0.3) is 0 Å². The number of hydrogen-bond acceptors (Lipinski definition) is 2. The molecule has 4 atom stereocenters. The predicted molar refractivity (Wildman–Crippen MR) is 90.8 cm³/mol. The van der Waals surface area contributed by atoms with Gasteiger partial charge in [-0.2, -0.15) is 0 Å². The molecular weight excluding hydrogens is 284 g/mol. The van der Waals surface area contributed by atoms with Gasteiger partial charge in [0.15, 0.2) is 6.29 Å². The molecule has 0 radical (unpaired) electrons. The highest BCUT2D eigenvalue weighted by Crippen LogP contribution is 2.62. The minimum Gasteiger partial charge on any atom is -0.507 e. The lowest BCUT2D eigenvalue weighted by atomic mass is 9.55. The Morgan fingerprint density at radius 1 is 1.30 bits per heavy atom. The first-order valence-corrected chi connectivity index (χ1v) is 8.79. The van der Waals surface area contributed by atoms with E-state index in [-0.39, 0.29) is 11.2 Å². The van der Waals surface area contributed by atoms with Gasteiger partial charge in [-0.15, -0.1) is 5.73 Å². The highest BCUT2D eigenvalue weighted by Gasteiger charge is 2.52. The van der Waals surface area contributed by atoms with E-state index in [1.165, 1.54) is 42.4 Å². The monoisotopic (exact) mass is 308 g/mol. The van der Waals surface area contributed by atoms with Crippen molar-refractivity contribution in [2.45, 2.75) is 51.4 Å². The first kappa shape index (κ1) is 14.8. The van der Waals surface area contributed by atoms with Crippen LogP contribution in [0.25, 0.3) is 0 Å². The third-order valence-electron chi connectivity index (χ3n) is 7.00. The van der Waals surface area contributed by atoms with E-state index in [1.807, 2.05) is 12.1 Å². The number of carbonyl (C=O) groups is 1. The van der Waals surface area contributed by atoms with Gasteiger partial charge in [0.05, 0.1) is 5.56 Å². The summed E-state index contributed by atoms with van der Waals surface area (Å²) in [5, 5.41) is 9.97. The molecule has 2 heteroatoms. The van der Waals surface area contributed by atoms with Crippen molar-refractivity contribution in [1.82, 2.24) is 0 Å². The van der Waals surface area contributed by atoms with Gasteiger partial charge >= 0.3 is 0 Å². The molecule has 0 heterocycles. The van der Waals surface area contributed by atoms with Crippen molar-refractivity contribution in [2.75, 3.05) is 0 Å². The van der Waals surface area contributed by atoms with Gasteiger partial charge in [0.1, 0.15) is 5.75 Å². The number of aldehydes is 1. The van der Waals surface area contributed by atoms with E-state index in [2.05, 4.69) is 19.2 Å². The molecule has 0 bridgehead atoms. The first-order valence-electron chi connectivity index (χ1n) is 8.79. The smallest absolute Gasteiger partial charge is 0.153 e. The van der Waals surface area contributed by atoms with Gasteiger partial charge in [-0.3, -0.25) is 4.79 Å². The molecule has 0 aliphatic heterocycles. The van der Waals surface area contributed by atoms with Crippen LogP contribution >= 0.6 is 0 Å². The Morgan fingerprint density at radius 3 is 2.87 bits per heavy atom. The number of aromatic hydroxyl groups is 1. The molecule has 4 rings (SSSR count). The molecule has 2 saturated carbocycles. The van der Waals surface area contributed by atoms with Crippen LogP contribution in [0.3, 0.4) is 0 Å². The lowest BCUT2D eigenvalue weighted by Gasteiger charge is -2.49. The Labute approximate surface area is 137 Å². The topological polar surface area (TPSA) is 37.3 Å². The average molecular weight is 308 g/mol. The van der Waals surface area contributed by atoms with Crippen LogP contribution in [-0.4, -0.2) is 11.4 Å². The molecule has 120 valence electrons. The van der Waals surface area contributed by atoms with Crippen molar-refractivity contribution >= 4 is 6.29 Å². The van der Waals surface area contributed by atoms with Crippen LogP contribution in [0.2, 0.25) is 0 Å². The van der Waals surface area contributed by atoms with Crippen LogP contribution in [0, 0.1) is 17.3 Å². The Balaban J connectivity index is 1.75. The Kier molecular flexibility index (Phi) is 3.28. The standard InChI is InChI=1S/C21H24O2/c1-3-15-5-7-19-17-6-4-13-11-20(23)14(12-22)10-18(13)16(17)8-9-21(15,19)2/h10-12,16-17,19,23H,1,4-9H2,2H3/t16-,17+,19-,21+/m0/s1. The second kappa shape index (κ2) is 5.11. The fourth-order valence-electron chi connectivity index (χ4n) is 5.82. The lowest BCUT2D eigenvalue weighted by molar-refractivity contribution is 0.0814. The molecule has 3 aliphatic rings. The van der Waals surface area contributed by atoms with Crippen LogP contribution in [-0.2, 0) is 6.42 Å². The van der Waals surface area contributed by atoms with Crippen molar-refractivity contribution in [1.29, 1.82) is 0 Å². The highest BCUT2D eigenvalue weighted by atomic mass is 16.3. The number of hydrogen-bond donors (Lipinski definition) is 1. The van der Waals surface area contributed by atoms with E-state index in [4.69, 9.17) is 0 Å². The molecule has 1 N–H and O–H groups in total. The molecule has 0 saturated heterocycles. The van der Waals surface area contributed by atoms with Crippen molar-refractivity contribution in [3.05, 3.63) is 46.7 Å². The molecule has 0 aromatic heterocycles. The third-order valence-corrected chi connectivity index (χ3v) is 7.00. The van der Waals surface area contributed by atoms with Gasteiger partial charge in [-0.05, 0) is 90.5 Å². The number of phenolic OH excluding ortho intramolecular Hbond substituents is 1. The van der Waals surface area contributed by atoms with Gasteiger partial charge in [0.2, 0.25) is 0 Å². The summed E-state index contributed by atoms with van der Waals surface area (Å²) in [5.74, 6) is 2.08. The molecule has 2 nitrogen and oxygen atoms in total. The van der Waals surface area contributed by atoms with Gasteiger partial charge in [-0.1, -0.05) is 13.5 Å². The zero-order chi connectivity index (χ0) is 16.2. The number of benzene rings is 1. The van der Waals surface area contributed by atoms with E-state index in [9.17, 15) is 9.90 Å². The van der Waals surface area contributed by atoms with E-state index in [0.717, 1.165) is 19.1 Å². The number of carbonyl (C=O) groups excluding carboxylic acids is 1. The number of phenols is 1. The predicted octanol–water partition coefficient (Wildman–Crippen LogP) is 4.77. The normalized spacial score (nSPS) is 35.0. The van der Waals surface area contributed by atoms with Crippen molar-refractivity contribution in [3.63, 3.8) is 0 Å². The lowest BCUT2D eigenvalue weighted by Crippen LogP contribution is -2.40. The zero-order valence-corrected chi connectivity index (χ0v) is 13.8. The van der Waals surface area contributed by atoms with Crippen LogP contribution in [0.5, 0.6) is 5.75 Å². The summed E-state index contributed by atoms with van der Waals surface area (Å²) >= 11 is 0. The largest absolute Gasteiger partial charge is 0.507 e. The molecule has 23 heavy (non-hydrogen) atoms. The SMILES string of the molecule is C=C=C1CC[C@H]2[C@@H]3CCc4cc(O)c(C=O)cc4[C@H]3CC[C@]12C. The Hall–Kier alpha value is -1.79.